The smallest absolute Gasteiger partial charge is 0.0995 e. The Hall–Kier alpha value is -1.49. The van der Waals surface area contributed by atoms with E-state index in [1.807, 2.05) is 46.0 Å². The molecular formula is C11H16N2. The maximum Gasteiger partial charge on any atom is 0.0995 e. The van der Waals surface area contributed by atoms with Crippen molar-refractivity contribution in [2.24, 2.45) is 0 Å². The molecule has 0 heterocycles. The highest BCUT2D eigenvalue weighted by Crippen LogP contribution is 2.13. The minimum atomic E-state index is 0.733. The van der Waals surface area contributed by atoms with Crippen LogP contribution in [0.1, 0.15) is 25.0 Å². The molecule has 0 saturated carbocycles. The molecule has 0 amide bonds. The van der Waals surface area contributed by atoms with Crippen molar-refractivity contribution in [3.63, 3.8) is 0 Å². The van der Waals surface area contributed by atoms with E-state index in [1.165, 1.54) is 0 Å². The van der Waals surface area contributed by atoms with Gasteiger partial charge >= 0.3 is 0 Å². The molecule has 1 rings (SSSR count). The second-order valence-corrected chi connectivity index (χ2v) is 2.39. The molecule has 0 atom stereocenters. The van der Waals surface area contributed by atoms with Crippen LogP contribution in [0.15, 0.2) is 18.2 Å². The van der Waals surface area contributed by atoms with Gasteiger partial charge in [0.1, 0.15) is 0 Å². The molecule has 70 valence electrons. The monoisotopic (exact) mass is 176 g/mol. The van der Waals surface area contributed by atoms with Gasteiger partial charge in [-0.15, -0.1) is 0 Å². The number of benzene rings is 1. The Morgan fingerprint density at radius 3 is 2.38 bits per heavy atom. The fourth-order valence-electron chi connectivity index (χ4n) is 0.898. The molecule has 0 unspecified atom stereocenters. The molecule has 1 aromatic rings. The van der Waals surface area contributed by atoms with Gasteiger partial charge in [-0.2, -0.15) is 5.26 Å². The standard InChI is InChI=1S/C9H10N2.C2H6/c1-7-3-4-9(11-2)5-8(7)6-10;1-2/h3-5,11H,1-2H3;1-2H3. The number of aryl methyl sites for hydroxylation is 1. The number of hydrogen-bond donors (Lipinski definition) is 1. The zero-order valence-corrected chi connectivity index (χ0v) is 8.68. The van der Waals surface area contributed by atoms with Crippen LogP contribution in [0.3, 0.4) is 0 Å². The van der Waals surface area contributed by atoms with Gasteiger partial charge in [0.05, 0.1) is 11.6 Å². The number of rotatable bonds is 1. The second kappa shape index (κ2) is 6.07. The Labute approximate surface area is 80.2 Å². The summed E-state index contributed by atoms with van der Waals surface area (Å²) in [6, 6.07) is 7.86. The molecule has 0 saturated heterocycles. The molecule has 0 fully saturated rings. The van der Waals surface area contributed by atoms with Crippen molar-refractivity contribution < 1.29 is 0 Å². The SMILES string of the molecule is CC.CNc1ccc(C)c(C#N)c1. The average Bonchev–Trinajstić information content (AvgIpc) is 2.22. The summed E-state index contributed by atoms with van der Waals surface area (Å²) in [5, 5.41) is 11.6. The number of nitriles is 1. The summed E-state index contributed by atoms with van der Waals surface area (Å²) in [6.07, 6.45) is 0. The summed E-state index contributed by atoms with van der Waals surface area (Å²) in [4.78, 5) is 0. The molecule has 2 heteroatoms. The highest BCUT2D eigenvalue weighted by Gasteiger charge is 1.96. The summed E-state index contributed by atoms with van der Waals surface area (Å²) >= 11 is 0. The van der Waals surface area contributed by atoms with E-state index in [0.717, 1.165) is 16.8 Å². The number of nitrogens with one attached hydrogen (secondary N) is 1. The fourth-order valence-corrected chi connectivity index (χ4v) is 0.898. The van der Waals surface area contributed by atoms with Crippen molar-refractivity contribution in [2.45, 2.75) is 20.8 Å². The lowest BCUT2D eigenvalue weighted by molar-refractivity contribution is 1.38. The van der Waals surface area contributed by atoms with Gasteiger partial charge in [0.25, 0.3) is 0 Å². The Morgan fingerprint density at radius 1 is 1.31 bits per heavy atom. The summed E-state index contributed by atoms with van der Waals surface area (Å²) in [6.45, 7) is 5.93. The van der Waals surface area contributed by atoms with Gasteiger partial charge in [-0.05, 0) is 24.6 Å². The van der Waals surface area contributed by atoms with Crippen molar-refractivity contribution in [1.29, 1.82) is 5.26 Å². The second-order valence-electron chi connectivity index (χ2n) is 2.39. The average molecular weight is 176 g/mol. The van der Waals surface area contributed by atoms with Crippen molar-refractivity contribution >= 4 is 5.69 Å². The van der Waals surface area contributed by atoms with Gasteiger partial charge in [-0.3, -0.25) is 0 Å². The third-order valence-electron chi connectivity index (χ3n) is 1.65. The van der Waals surface area contributed by atoms with Crippen LogP contribution in [-0.2, 0) is 0 Å². The normalized spacial score (nSPS) is 7.92. The first kappa shape index (κ1) is 11.5. The summed E-state index contributed by atoms with van der Waals surface area (Å²) in [5.41, 5.74) is 2.73. The summed E-state index contributed by atoms with van der Waals surface area (Å²) in [5.74, 6) is 0. The van der Waals surface area contributed by atoms with Crippen LogP contribution in [0.2, 0.25) is 0 Å². The third-order valence-corrected chi connectivity index (χ3v) is 1.65. The van der Waals surface area contributed by atoms with Crippen molar-refractivity contribution in [1.82, 2.24) is 0 Å². The van der Waals surface area contributed by atoms with Crippen LogP contribution >= 0.6 is 0 Å². The number of anilines is 1. The van der Waals surface area contributed by atoms with Gasteiger partial charge < -0.3 is 5.32 Å². The summed E-state index contributed by atoms with van der Waals surface area (Å²) < 4.78 is 0. The molecule has 13 heavy (non-hydrogen) atoms. The minimum Gasteiger partial charge on any atom is -0.388 e. The third kappa shape index (κ3) is 3.16. The van der Waals surface area contributed by atoms with Crippen LogP contribution in [0.5, 0.6) is 0 Å². The van der Waals surface area contributed by atoms with Crippen LogP contribution in [0.25, 0.3) is 0 Å². The lowest BCUT2D eigenvalue weighted by Crippen LogP contribution is -1.89. The molecular weight excluding hydrogens is 160 g/mol. The van der Waals surface area contributed by atoms with E-state index in [1.54, 1.807) is 0 Å². The molecule has 0 aliphatic carbocycles. The van der Waals surface area contributed by atoms with Gasteiger partial charge in [-0.1, -0.05) is 19.9 Å². The van der Waals surface area contributed by atoms with Gasteiger partial charge in [0.2, 0.25) is 0 Å². The first-order valence-electron chi connectivity index (χ1n) is 4.46. The summed E-state index contributed by atoms with van der Waals surface area (Å²) in [7, 11) is 1.84. The minimum absolute atomic E-state index is 0.733. The van der Waals surface area contributed by atoms with E-state index in [9.17, 15) is 0 Å². The van der Waals surface area contributed by atoms with E-state index >= 15 is 0 Å². The maximum atomic E-state index is 8.66. The van der Waals surface area contributed by atoms with E-state index in [2.05, 4.69) is 11.4 Å². The van der Waals surface area contributed by atoms with Crippen LogP contribution in [0, 0.1) is 18.3 Å². The van der Waals surface area contributed by atoms with Crippen molar-refractivity contribution in [2.75, 3.05) is 12.4 Å². The highest BCUT2D eigenvalue weighted by molar-refractivity contribution is 5.51. The van der Waals surface area contributed by atoms with E-state index in [-0.39, 0.29) is 0 Å². The lowest BCUT2D eigenvalue weighted by atomic mass is 10.1. The van der Waals surface area contributed by atoms with Crippen LogP contribution < -0.4 is 5.32 Å². The Morgan fingerprint density at radius 2 is 1.92 bits per heavy atom. The molecule has 2 nitrogen and oxygen atoms in total. The number of hydrogen-bond acceptors (Lipinski definition) is 2. The van der Waals surface area contributed by atoms with Gasteiger partial charge in [0.15, 0.2) is 0 Å². The Bertz CT molecular complexity index is 297. The first-order chi connectivity index (χ1) is 6.27. The molecule has 1 aromatic carbocycles. The largest absolute Gasteiger partial charge is 0.388 e. The molecule has 0 bridgehead atoms. The Balaban J connectivity index is 0.000000671. The predicted molar refractivity (Wildman–Crippen MR) is 56.8 cm³/mol. The van der Waals surface area contributed by atoms with Gasteiger partial charge in [-0.25, -0.2) is 0 Å². The molecule has 0 aliphatic heterocycles. The molecule has 0 spiro atoms. The fraction of sp³-hybridized carbons (Fsp3) is 0.364. The molecule has 0 aliphatic rings. The molecule has 1 N–H and O–H groups in total. The lowest BCUT2D eigenvalue weighted by Gasteiger charge is -2.01. The number of nitrogens with zero attached hydrogens (tertiary/aromatic N) is 1. The van der Waals surface area contributed by atoms with E-state index in [4.69, 9.17) is 5.26 Å². The molecule has 0 radical (unpaired) electrons. The van der Waals surface area contributed by atoms with Crippen molar-refractivity contribution in [3.05, 3.63) is 29.3 Å². The first-order valence-corrected chi connectivity index (χ1v) is 4.46. The van der Waals surface area contributed by atoms with Gasteiger partial charge in [0, 0.05) is 12.7 Å². The van der Waals surface area contributed by atoms with Crippen LogP contribution in [-0.4, -0.2) is 7.05 Å². The van der Waals surface area contributed by atoms with E-state index in [0.29, 0.717) is 0 Å². The van der Waals surface area contributed by atoms with Crippen LogP contribution in [0.4, 0.5) is 5.69 Å². The molecule has 0 aromatic heterocycles. The quantitative estimate of drug-likeness (QED) is 0.714. The zero-order chi connectivity index (χ0) is 10.3. The van der Waals surface area contributed by atoms with Crippen molar-refractivity contribution in [3.8, 4) is 6.07 Å². The topological polar surface area (TPSA) is 35.8 Å². The maximum absolute atomic E-state index is 8.66. The zero-order valence-electron chi connectivity index (χ0n) is 8.68. The highest BCUT2D eigenvalue weighted by atomic mass is 14.8. The Kier molecular flexibility index (Phi) is 5.38. The predicted octanol–water partition coefficient (Wildman–Crippen LogP) is 2.93. The van der Waals surface area contributed by atoms with E-state index < -0.39 is 0 Å².